The summed E-state index contributed by atoms with van der Waals surface area (Å²) in [7, 11) is 0. The molecule has 12 heteroatoms. The highest BCUT2D eigenvalue weighted by molar-refractivity contribution is 7.80. The number of nitrogens with two attached hydrogens (primary N) is 1. The molecule has 0 heterocycles. The lowest BCUT2D eigenvalue weighted by atomic mass is 10.0. The quantitative estimate of drug-likeness (QED) is 0.154. The maximum Gasteiger partial charge on any atom is 0.326 e. The number of carbonyl (C=O) groups is 4. The fourth-order valence-electron chi connectivity index (χ4n) is 3.23. The van der Waals surface area contributed by atoms with Crippen molar-refractivity contribution in [2.75, 3.05) is 12.4 Å². The Bertz CT molecular complexity index is 1040. The molecule has 0 aliphatic heterocycles. The number of hydrogen-bond acceptors (Lipinski definition) is 8. The Hall–Kier alpha value is -3.61. The van der Waals surface area contributed by atoms with E-state index in [1.807, 2.05) is 0 Å². The average molecular weight is 519 g/mol. The third-order valence-electron chi connectivity index (χ3n) is 5.26. The Labute approximate surface area is 213 Å². The standard InChI is InChI=1S/C24H30N4O7S/c25-17(12-29)21(31)26-18(10-14-4-2-1-3-5-14)22(32)28-20(13-36)23(33)27-19(24(34)35)11-15-6-8-16(30)9-7-15/h1-9,17-20,29-30,36H,10-13,25H2,(H,26,31)(H,27,33)(H,28,32)(H,34,35). The molecule has 0 aromatic heterocycles. The first-order valence-corrected chi connectivity index (χ1v) is 11.7. The molecule has 2 aromatic rings. The maximum absolute atomic E-state index is 13.0. The van der Waals surface area contributed by atoms with Gasteiger partial charge in [0.15, 0.2) is 0 Å². The second-order valence-corrected chi connectivity index (χ2v) is 8.42. The summed E-state index contributed by atoms with van der Waals surface area (Å²) >= 11 is 4.11. The van der Waals surface area contributed by atoms with E-state index in [9.17, 15) is 29.4 Å². The fraction of sp³-hybridized carbons (Fsp3) is 0.333. The number of phenols is 1. The molecule has 2 aromatic carbocycles. The van der Waals surface area contributed by atoms with Crippen molar-refractivity contribution in [1.29, 1.82) is 0 Å². The Kier molecular flexibility index (Phi) is 11.2. The van der Waals surface area contributed by atoms with Gasteiger partial charge >= 0.3 is 5.97 Å². The fourth-order valence-corrected chi connectivity index (χ4v) is 3.48. The van der Waals surface area contributed by atoms with Gasteiger partial charge in [-0.2, -0.15) is 12.6 Å². The second-order valence-electron chi connectivity index (χ2n) is 8.05. The van der Waals surface area contributed by atoms with E-state index in [2.05, 4.69) is 28.6 Å². The number of aliphatic carboxylic acids is 1. The van der Waals surface area contributed by atoms with E-state index in [0.29, 0.717) is 5.56 Å². The van der Waals surface area contributed by atoms with Crippen molar-refractivity contribution in [3.05, 3.63) is 65.7 Å². The van der Waals surface area contributed by atoms with E-state index in [4.69, 9.17) is 10.8 Å². The molecule has 8 N–H and O–H groups in total. The van der Waals surface area contributed by atoms with Crippen LogP contribution in [0.15, 0.2) is 54.6 Å². The van der Waals surface area contributed by atoms with Gasteiger partial charge in [-0.25, -0.2) is 4.79 Å². The monoisotopic (exact) mass is 518 g/mol. The highest BCUT2D eigenvalue weighted by Crippen LogP contribution is 2.12. The second kappa shape index (κ2) is 14.1. The van der Waals surface area contributed by atoms with Crippen LogP contribution in [0, 0.1) is 0 Å². The van der Waals surface area contributed by atoms with Gasteiger partial charge in [0.2, 0.25) is 17.7 Å². The number of rotatable bonds is 13. The van der Waals surface area contributed by atoms with Crippen molar-refractivity contribution >= 4 is 36.3 Å². The van der Waals surface area contributed by atoms with Crippen LogP contribution in [0.2, 0.25) is 0 Å². The van der Waals surface area contributed by atoms with Crippen molar-refractivity contribution in [2.45, 2.75) is 37.0 Å². The summed E-state index contributed by atoms with van der Waals surface area (Å²) < 4.78 is 0. The number of phenolic OH excluding ortho intramolecular Hbond substituents is 1. The number of aliphatic hydroxyl groups excluding tert-OH is 1. The van der Waals surface area contributed by atoms with Crippen LogP contribution in [0.4, 0.5) is 0 Å². The van der Waals surface area contributed by atoms with Crippen LogP contribution in [-0.2, 0) is 32.0 Å². The number of carboxylic acid groups (broad SMARTS) is 1. The summed E-state index contributed by atoms with van der Waals surface area (Å²) in [5.74, 6) is -3.65. The predicted octanol–water partition coefficient (Wildman–Crippen LogP) is -1.03. The predicted molar refractivity (Wildman–Crippen MR) is 134 cm³/mol. The van der Waals surface area contributed by atoms with Crippen LogP contribution in [0.5, 0.6) is 5.75 Å². The first-order chi connectivity index (χ1) is 17.1. The summed E-state index contributed by atoms with van der Waals surface area (Å²) in [6, 6.07) is 9.80. The lowest BCUT2D eigenvalue weighted by Crippen LogP contribution is -2.58. The van der Waals surface area contributed by atoms with E-state index < -0.39 is 54.5 Å². The van der Waals surface area contributed by atoms with Gasteiger partial charge in [-0.1, -0.05) is 42.5 Å². The molecular formula is C24H30N4O7S. The van der Waals surface area contributed by atoms with Crippen LogP contribution in [0.1, 0.15) is 11.1 Å². The van der Waals surface area contributed by atoms with Crippen LogP contribution < -0.4 is 21.7 Å². The number of carboxylic acids is 1. The van der Waals surface area contributed by atoms with Crippen molar-refractivity contribution in [2.24, 2.45) is 5.73 Å². The molecule has 194 valence electrons. The van der Waals surface area contributed by atoms with E-state index in [0.717, 1.165) is 5.56 Å². The zero-order valence-corrected chi connectivity index (χ0v) is 20.2. The smallest absolute Gasteiger partial charge is 0.326 e. The number of nitrogens with one attached hydrogen (secondary N) is 3. The van der Waals surface area contributed by atoms with Crippen LogP contribution in [0.3, 0.4) is 0 Å². The number of benzene rings is 2. The van der Waals surface area contributed by atoms with E-state index in [1.165, 1.54) is 24.3 Å². The van der Waals surface area contributed by atoms with Gasteiger partial charge in [0.05, 0.1) is 6.61 Å². The lowest BCUT2D eigenvalue weighted by molar-refractivity contribution is -0.142. The first kappa shape index (κ1) is 28.6. The molecule has 3 amide bonds. The zero-order chi connectivity index (χ0) is 26.7. The third-order valence-corrected chi connectivity index (χ3v) is 5.62. The minimum Gasteiger partial charge on any atom is -0.508 e. The van der Waals surface area contributed by atoms with Gasteiger partial charge in [-0.05, 0) is 23.3 Å². The lowest BCUT2D eigenvalue weighted by Gasteiger charge is -2.24. The summed E-state index contributed by atoms with van der Waals surface area (Å²) in [4.78, 5) is 49.8. The topological polar surface area (TPSA) is 191 Å². The van der Waals surface area contributed by atoms with Crippen LogP contribution >= 0.6 is 12.6 Å². The average Bonchev–Trinajstić information content (AvgIpc) is 2.87. The molecule has 0 aliphatic carbocycles. The Balaban J connectivity index is 2.11. The molecule has 2 rings (SSSR count). The van der Waals surface area contributed by atoms with E-state index in [-0.39, 0.29) is 24.3 Å². The van der Waals surface area contributed by atoms with Gasteiger partial charge in [0.1, 0.15) is 29.9 Å². The first-order valence-electron chi connectivity index (χ1n) is 11.1. The van der Waals surface area contributed by atoms with Crippen LogP contribution in [-0.4, -0.2) is 75.5 Å². The van der Waals surface area contributed by atoms with E-state index in [1.54, 1.807) is 30.3 Å². The Morgan fingerprint density at radius 1 is 0.778 bits per heavy atom. The number of amides is 3. The van der Waals surface area contributed by atoms with E-state index >= 15 is 0 Å². The molecule has 0 radical (unpaired) electrons. The largest absolute Gasteiger partial charge is 0.508 e. The minimum atomic E-state index is -1.30. The maximum atomic E-state index is 13.0. The SMILES string of the molecule is NC(CO)C(=O)NC(Cc1ccccc1)C(=O)NC(CS)C(=O)NC(Cc1ccc(O)cc1)C(=O)O. The third kappa shape index (κ3) is 8.87. The number of thiol groups is 1. The summed E-state index contributed by atoms with van der Waals surface area (Å²) in [5.41, 5.74) is 6.84. The number of aliphatic hydroxyl groups is 1. The Morgan fingerprint density at radius 2 is 1.28 bits per heavy atom. The van der Waals surface area contributed by atoms with Gasteiger partial charge in [-0.15, -0.1) is 0 Å². The number of aromatic hydroxyl groups is 1. The molecule has 0 fully saturated rings. The molecule has 36 heavy (non-hydrogen) atoms. The molecule has 4 atom stereocenters. The normalized spacial score (nSPS) is 14.1. The molecule has 4 unspecified atom stereocenters. The molecule has 0 aliphatic rings. The molecule has 0 saturated carbocycles. The van der Waals surface area contributed by atoms with Crippen molar-refractivity contribution in [3.8, 4) is 5.75 Å². The highest BCUT2D eigenvalue weighted by Gasteiger charge is 2.30. The van der Waals surface area contributed by atoms with Gasteiger partial charge in [-0.3, -0.25) is 14.4 Å². The van der Waals surface area contributed by atoms with Crippen molar-refractivity contribution < 1.29 is 34.5 Å². The molecule has 0 bridgehead atoms. The highest BCUT2D eigenvalue weighted by atomic mass is 32.1. The zero-order valence-electron chi connectivity index (χ0n) is 19.3. The summed E-state index contributed by atoms with van der Waals surface area (Å²) in [5, 5.41) is 35.4. The molecule has 0 saturated heterocycles. The van der Waals surface area contributed by atoms with Gasteiger partial charge in [0.25, 0.3) is 0 Å². The summed E-state index contributed by atoms with van der Waals surface area (Å²) in [6.07, 6.45) is 0.0242. The molecule has 11 nitrogen and oxygen atoms in total. The van der Waals surface area contributed by atoms with Gasteiger partial charge in [0, 0.05) is 18.6 Å². The van der Waals surface area contributed by atoms with Crippen molar-refractivity contribution in [3.63, 3.8) is 0 Å². The van der Waals surface area contributed by atoms with Crippen LogP contribution in [0.25, 0.3) is 0 Å². The summed E-state index contributed by atoms with van der Waals surface area (Å²) in [6.45, 7) is -0.620. The molecular weight excluding hydrogens is 488 g/mol. The minimum absolute atomic E-state index is 0.0182. The number of carbonyl (C=O) groups excluding carboxylic acids is 3. The Morgan fingerprint density at radius 3 is 1.83 bits per heavy atom. The number of hydrogen-bond donors (Lipinski definition) is 8. The van der Waals surface area contributed by atoms with Gasteiger partial charge < -0.3 is 37.0 Å². The van der Waals surface area contributed by atoms with Crippen molar-refractivity contribution in [1.82, 2.24) is 16.0 Å². The molecule has 0 spiro atoms.